The molecule has 4 rings (SSSR count). The Hall–Kier alpha value is -1.86. The Morgan fingerprint density at radius 3 is 2.81 bits per heavy atom. The third-order valence-electron chi connectivity index (χ3n) is 5.53. The lowest BCUT2D eigenvalue weighted by atomic mass is 9.93. The molecule has 0 unspecified atom stereocenters. The first kappa shape index (κ1) is 18.5. The van der Waals surface area contributed by atoms with E-state index in [0.29, 0.717) is 18.4 Å². The maximum atomic E-state index is 12.3. The summed E-state index contributed by atoms with van der Waals surface area (Å²) in [5, 5.41) is 4.26. The van der Waals surface area contributed by atoms with Crippen LogP contribution >= 0.6 is 11.3 Å². The number of hydrogen-bond donors (Lipinski definition) is 1. The third kappa shape index (κ3) is 4.52. The molecule has 1 N–H and O–H groups in total. The van der Waals surface area contributed by atoms with Crippen LogP contribution in [0, 0.1) is 5.92 Å². The number of rotatable bonds is 5. The van der Waals surface area contributed by atoms with Crippen LogP contribution in [0.2, 0.25) is 0 Å². The van der Waals surface area contributed by atoms with Crippen LogP contribution < -0.4 is 15.0 Å². The van der Waals surface area contributed by atoms with Crippen LogP contribution in [0.25, 0.3) is 10.2 Å². The summed E-state index contributed by atoms with van der Waals surface area (Å²) >= 11 is 1.72. The fraction of sp³-hybridized carbons (Fsp3) is 0.600. The quantitative estimate of drug-likeness (QED) is 0.851. The summed E-state index contributed by atoms with van der Waals surface area (Å²) in [5.41, 5.74) is 1.02. The van der Waals surface area contributed by atoms with Crippen LogP contribution in [0.4, 0.5) is 5.13 Å². The summed E-state index contributed by atoms with van der Waals surface area (Å²) in [5.74, 6) is 1.54. The molecule has 2 aliphatic rings. The zero-order chi connectivity index (χ0) is 18.6. The van der Waals surface area contributed by atoms with Gasteiger partial charge in [0, 0.05) is 38.8 Å². The second-order valence-electron chi connectivity index (χ2n) is 7.42. The number of ether oxygens (including phenoxy) is 2. The number of piperidine rings is 1. The number of nitrogens with one attached hydrogen (secondary N) is 1. The van der Waals surface area contributed by atoms with Crippen LogP contribution in [0.15, 0.2) is 18.2 Å². The number of carbonyl (C=O) groups excluding carboxylic acids is 1. The Morgan fingerprint density at radius 1 is 1.30 bits per heavy atom. The average Bonchev–Trinajstić information content (AvgIpc) is 3.12. The number of carbonyl (C=O) groups is 1. The molecule has 2 aliphatic heterocycles. The van der Waals surface area contributed by atoms with E-state index >= 15 is 0 Å². The molecule has 6 nitrogen and oxygen atoms in total. The van der Waals surface area contributed by atoms with E-state index in [-0.39, 0.29) is 5.91 Å². The van der Waals surface area contributed by atoms with Gasteiger partial charge in [-0.05, 0) is 49.8 Å². The standard InChI is InChI=1S/C20H27N3O3S/c1-25-16-2-3-17-18(13-16)27-20(22-17)23-8-4-14(5-9-23)12-19(24)21-15-6-10-26-11-7-15/h2-3,13-15H,4-12H2,1H3,(H,21,24). The summed E-state index contributed by atoms with van der Waals surface area (Å²) in [6.07, 6.45) is 4.60. The summed E-state index contributed by atoms with van der Waals surface area (Å²) in [4.78, 5) is 19.4. The number of anilines is 1. The van der Waals surface area contributed by atoms with Crippen molar-refractivity contribution in [3.8, 4) is 5.75 Å². The van der Waals surface area contributed by atoms with Crippen molar-refractivity contribution in [2.45, 2.75) is 38.1 Å². The van der Waals surface area contributed by atoms with Gasteiger partial charge in [-0.3, -0.25) is 4.79 Å². The van der Waals surface area contributed by atoms with E-state index in [2.05, 4.69) is 10.2 Å². The Bertz CT molecular complexity index is 780. The molecule has 0 bridgehead atoms. The topological polar surface area (TPSA) is 63.7 Å². The first-order valence-electron chi connectivity index (χ1n) is 9.78. The molecule has 1 aromatic heterocycles. The van der Waals surface area contributed by atoms with Crippen molar-refractivity contribution in [3.63, 3.8) is 0 Å². The molecule has 2 fully saturated rings. The van der Waals surface area contributed by atoms with Crippen molar-refractivity contribution >= 4 is 32.6 Å². The van der Waals surface area contributed by atoms with Gasteiger partial charge in [0.15, 0.2) is 5.13 Å². The molecule has 0 aliphatic carbocycles. The molecule has 0 atom stereocenters. The second kappa shape index (κ2) is 8.44. The van der Waals surface area contributed by atoms with E-state index in [4.69, 9.17) is 14.5 Å². The molecule has 0 spiro atoms. The van der Waals surface area contributed by atoms with Crippen molar-refractivity contribution in [1.29, 1.82) is 0 Å². The smallest absolute Gasteiger partial charge is 0.220 e. The molecule has 3 heterocycles. The summed E-state index contributed by atoms with van der Waals surface area (Å²) in [7, 11) is 1.69. The predicted octanol–water partition coefficient (Wildman–Crippen LogP) is 3.21. The van der Waals surface area contributed by atoms with Gasteiger partial charge in [0.2, 0.25) is 5.91 Å². The molecule has 2 saturated heterocycles. The number of thiazole rings is 1. The molecule has 146 valence electrons. The highest BCUT2D eigenvalue weighted by molar-refractivity contribution is 7.22. The Labute approximate surface area is 163 Å². The minimum Gasteiger partial charge on any atom is -0.497 e. The first-order valence-corrected chi connectivity index (χ1v) is 10.6. The summed E-state index contributed by atoms with van der Waals surface area (Å²) in [6, 6.07) is 6.31. The van der Waals surface area contributed by atoms with E-state index in [1.165, 1.54) is 0 Å². The molecule has 1 aromatic carbocycles. The minimum absolute atomic E-state index is 0.201. The van der Waals surface area contributed by atoms with Gasteiger partial charge in [-0.15, -0.1) is 0 Å². The van der Waals surface area contributed by atoms with Gasteiger partial charge < -0.3 is 19.7 Å². The number of aromatic nitrogens is 1. The highest BCUT2D eigenvalue weighted by Gasteiger charge is 2.25. The van der Waals surface area contributed by atoms with Crippen LogP contribution in [-0.4, -0.2) is 50.3 Å². The summed E-state index contributed by atoms with van der Waals surface area (Å²) in [6.45, 7) is 3.45. The van der Waals surface area contributed by atoms with E-state index in [0.717, 1.165) is 73.1 Å². The molecule has 0 saturated carbocycles. The molecule has 2 aromatic rings. The molecular formula is C20H27N3O3S. The lowest BCUT2D eigenvalue weighted by molar-refractivity contribution is -0.123. The molecule has 1 amide bonds. The van der Waals surface area contributed by atoms with Gasteiger partial charge >= 0.3 is 0 Å². The van der Waals surface area contributed by atoms with Crippen molar-refractivity contribution in [2.24, 2.45) is 5.92 Å². The zero-order valence-corrected chi connectivity index (χ0v) is 16.6. The second-order valence-corrected chi connectivity index (χ2v) is 8.43. The van der Waals surface area contributed by atoms with Crippen molar-refractivity contribution in [3.05, 3.63) is 18.2 Å². The maximum Gasteiger partial charge on any atom is 0.220 e. The van der Waals surface area contributed by atoms with Crippen LogP contribution in [0.5, 0.6) is 5.75 Å². The number of fused-ring (bicyclic) bond motifs is 1. The van der Waals surface area contributed by atoms with E-state index < -0.39 is 0 Å². The molecular weight excluding hydrogens is 362 g/mol. The maximum absolute atomic E-state index is 12.3. The first-order chi connectivity index (χ1) is 13.2. The Kier molecular flexibility index (Phi) is 5.78. The van der Waals surface area contributed by atoms with Gasteiger partial charge in [-0.1, -0.05) is 11.3 Å². The van der Waals surface area contributed by atoms with E-state index in [1.807, 2.05) is 18.2 Å². The number of nitrogens with zero attached hydrogens (tertiary/aromatic N) is 2. The fourth-order valence-electron chi connectivity index (χ4n) is 3.87. The molecule has 0 radical (unpaired) electrons. The number of hydrogen-bond acceptors (Lipinski definition) is 6. The van der Waals surface area contributed by atoms with Crippen LogP contribution in [0.3, 0.4) is 0 Å². The predicted molar refractivity (Wildman–Crippen MR) is 108 cm³/mol. The number of amides is 1. The normalized spacial score (nSPS) is 19.4. The fourth-order valence-corrected chi connectivity index (χ4v) is 4.92. The van der Waals surface area contributed by atoms with E-state index in [1.54, 1.807) is 18.4 Å². The molecule has 27 heavy (non-hydrogen) atoms. The zero-order valence-electron chi connectivity index (χ0n) is 15.8. The Balaban J connectivity index is 1.29. The number of methoxy groups -OCH3 is 1. The molecule has 7 heteroatoms. The highest BCUT2D eigenvalue weighted by Crippen LogP contribution is 2.33. The van der Waals surface area contributed by atoms with Gasteiger partial charge in [0.25, 0.3) is 0 Å². The van der Waals surface area contributed by atoms with Gasteiger partial charge in [-0.25, -0.2) is 4.98 Å². The lowest BCUT2D eigenvalue weighted by Gasteiger charge is -2.32. The van der Waals surface area contributed by atoms with Crippen molar-refractivity contribution in [1.82, 2.24) is 10.3 Å². The average molecular weight is 390 g/mol. The van der Waals surface area contributed by atoms with Crippen molar-refractivity contribution < 1.29 is 14.3 Å². The van der Waals surface area contributed by atoms with Crippen molar-refractivity contribution in [2.75, 3.05) is 38.3 Å². The van der Waals surface area contributed by atoms with Crippen LogP contribution in [-0.2, 0) is 9.53 Å². The van der Waals surface area contributed by atoms with E-state index in [9.17, 15) is 4.79 Å². The number of benzene rings is 1. The highest BCUT2D eigenvalue weighted by atomic mass is 32.1. The minimum atomic E-state index is 0.201. The third-order valence-corrected chi connectivity index (χ3v) is 6.61. The summed E-state index contributed by atoms with van der Waals surface area (Å²) < 4.78 is 11.8. The van der Waals surface area contributed by atoms with Gasteiger partial charge in [-0.2, -0.15) is 0 Å². The van der Waals surface area contributed by atoms with Crippen LogP contribution in [0.1, 0.15) is 32.1 Å². The van der Waals surface area contributed by atoms with Gasteiger partial charge in [0.05, 0.1) is 17.3 Å². The SMILES string of the molecule is COc1ccc2nc(N3CCC(CC(=O)NC4CCOCC4)CC3)sc2c1. The largest absolute Gasteiger partial charge is 0.497 e. The lowest BCUT2D eigenvalue weighted by Crippen LogP contribution is -2.41. The van der Waals surface area contributed by atoms with Gasteiger partial charge in [0.1, 0.15) is 5.75 Å². The monoisotopic (exact) mass is 389 g/mol. The Morgan fingerprint density at radius 2 is 2.07 bits per heavy atom.